The second kappa shape index (κ2) is 8.90. The van der Waals surface area contributed by atoms with Crippen LogP contribution in [0.15, 0.2) is 36.5 Å². The number of nitrogens with one attached hydrogen (secondary N) is 2. The quantitative estimate of drug-likeness (QED) is 0.552. The molecule has 1 aliphatic heterocycles. The van der Waals surface area contributed by atoms with Crippen molar-refractivity contribution in [2.45, 2.75) is 51.0 Å². The lowest BCUT2D eigenvalue weighted by atomic mass is 9.71. The molecule has 5 rings (SSSR count). The lowest BCUT2D eigenvalue weighted by molar-refractivity contribution is 0.0890. The molecule has 1 aromatic heterocycles. The number of aromatic amines is 1. The molecule has 0 spiro atoms. The Kier molecular flexibility index (Phi) is 6.04. The Morgan fingerprint density at radius 3 is 2.63 bits per heavy atom. The normalized spacial score (nSPS) is 22.1. The van der Waals surface area contributed by atoms with E-state index in [1.807, 2.05) is 0 Å². The van der Waals surface area contributed by atoms with Gasteiger partial charge in [-0.1, -0.05) is 26.8 Å². The molecule has 1 saturated heterocycles. The fraction of sp³-hybridized carbons (Fsp3) is 0.483. The molecular formula is C29H37N3O3. The first-order valence-corrected chi connectivity index (χ1v) is 12.5. The molecule has 35 heavy (non-hydrogen) atoms. The number of hydrogen-bond donors (Lipinski definition) is 2. The van der Waals surface area contributed by atoms with E-state index in [-0.39, 0.29) is 11.3 Å². The zero-order valence-corrected chi connectivity index (χ0v) is 21.7. The van der Waals surface area contributed by atoms with E-state index in [1.165, 1.54) is 27.6 Å². The number of rotatable bonds is 5. The minimum Gasteiger partial charge on any atom is -0.493 e. The van der Waals surface area contributed by atoms with Gasteiger partial charge in [-0.2, -0.15) is 0 Å². The summed E-state index contributed by atoms with van der Waals surface area (Å²) >= 11 is 0. The summed E-state index contributed by atoms with van der Waals surface area (Å²) in [4.78, 5) is 19.0. The van der Waals surface area contributed by atoms with Gasteiger partial charge in [0.15, 0.2) is 11.5 Å². The Morgan fingerprint density at radius 1 is 1.14 bits per heavy atom. The van der Waals surface area contributed by atoms with E-state index in [1.54, 1.807) is 32.4 Å². The second-order valence-corrected chi connectivity index (χ2v) is 11.3. The second-order valence-electron chi connectivity index (χ2n) is 11.3. The number of carbonyl (C=O) groups is 1. The van der Waals surface area contributed by atoms with Crippen molar-refractivity contribution >= 4 is 16.8 Å². The number of likely N-dealkylation sites (tertiary alicyclic amines) is 1. The maximum Gasteiger partial charge on any atom is 0.251 e. The van der Waals surface area contributed by atoms with Crippen LogP contribution in [0, 0.1) is 5.92 Å². The van der Waals surface area contributed by atoms with Crippen molar-refractivity contribution in [2.75, 3.05) is 34.4 Å². The highest BCUT2D eigenvalue weighted by molar-refractivity contribution is 5.95. The number of carbonyl (C=O) groups excluding carboxylic acids is 1. The summed E-state index contributed by atoms with van der Waals surface area (Å²) in [5, 5.41) is 4.60. The van der Waals surface area contributed by atoms with Crippen LogP contribution in [0.3, 0.4) is 0 Å². The van der Waals surface area contributed by atoms with Crippen LogP contribution in [-0.2, 0) is 11.8 Å². The van der Waals surface area contributed by atoms with Gasteiger partial charge >= 0.3 is 0 Å². The maximum absolute atomic E-state index is 12.9. The Bertz CT molecular complexity index is 1260. The van der Waals surface area contributed by atoms with E-state index in [9.17, 15) is 4.79 Å². The summed E-state index contributed by atoms with van der Waals surface area (Å²) in [5.74, 6) is 1.95. The number of hydrogen-bond acceptors (Lipinski definition) is 4. The Hall–Kier alpha value is -2.99. The van der Waals surface area contributed by atoms with Crippen LogP contribution >= 0.6 is 0 Å². The van der Waals surface area contributed by atoms with Gasteiger partial charge in [0.05, 0.1) is 14.2 Å². The van der Waals surface area contributed by atoms with E-state index >= 15 is 0 Å². The number of H-pyrrole nitrogens is 1. The number of likely N-dealkylation sites (N-methyl/N-ethyl adjacent to an activating group) is 1. The molecule has 1 aliphatic carbocycles. The zero-order chi connectivity index (χ0) is 24.9. The van der Waals surface area contributed by atoms with E-state index in [2.05, 4.69) is 61.3 Å². The number of amides is 1. The van der Waals surface area contributed by atoms with Crippen LogP contribution < -0.4 is 14.8 Å². The molecule has 2 heterocycles. The predicted molar refractivity (Wildman–Crippen MR) is 140 cm³/mol. The molecule has 2 aliphatic rings. The van der Waals surface area contributed by atoms with Gasteiger partial charge in [0.1, 0.15) is 0 Å². The first-order chi connectivity index (χ1) is 16.7. The predicted octanol–water partition coefficient (Wildman–Crippen LogP) is 4.87. The van der Waals surface area contributed by atoms with Crippen LogP contribution in [0.5, 0.6) is 11.5 Å². The first kappa shape index (κ1) is 23.7. The third-order valence-corrected chi connectivity index (χ3v) is 7.95. The molecule has 0 bridgehead atoms. The van der Waals surface area contributed by atoms with Gasteiger partial charge < -0.3 is 24.7 Å². The maximum atomic E-state index is 12.9. The first-order valence-electron chi connectivity index (χ1n) is 12.5. The Balaban J connectivity index is 1.36. The Labute approximate surface area is 208 Å². The number of piperidine rings is 1. The van der Waals surface area contributed by atoms with Gasteiger partial charge in [-0.25, -0.2) is 0 Å². The molecule has 3 atom stereocenters. The van der Waals surface area contributed by atoms with Gasteiger partial charge in [-0.3, -0.25) is 4.79 Å². The number of fused-ring (bicyclic) bond motifs is 2. The molecule has 186 valence electrons. The molecule has 1 amide bonds. The van der Waals surface area contributed by atoms with Crippen LogP contribution in [0.1, 0.15) is 60.2 Å². The lowest BCUT2D eigenvalue weighted by Gasteiger charge is -2.46. The third-order valence-electron chi connectivity index (χ3n) is 7.95. The van der Waals surface area contributed by atoms with Crippen molar-refractivity contribution in [3.8, 4) is 11.5 Å². The highest BCUT2D eigenvalue weighted by Crippen LogP contribution is 2.45. The number of ether oxygens (including phenoxy) is 2. The van der Waals surface area contributed by atoms with Crippen molar-refractivity contribution < 1.29 is 14.3 Å². The topological polar surface area (TPSA) is 66.6 Å². The molecule has 0 unspecified atom stereocenters. The average molecular weight is 476 g/mol. The van der Waals surface area contributed by atoms with Crippen LogP contribution in [0.2, 0.25) is 0 Å². The third kappa shape index (κ3) is 4.29. The van der Waals surface area contributed by atoms with Crippen molar-refractivity contribution in [3.63, 3.8) is 0 Å². The minimum absolute atomic E-state index is 0.0792. The summed E-state index contributed by atoms with van der Waals surface area (Å²) in [6.07, 6.45) is 4.36. The molecule has 6 nitrogen and oxygen atoms in total. The van der Waals surface area contributed by atoms with Crippen LogP contribution in [0.25, 0.3) is 10.9 Å². The van der Waals surface area contributed by atoms with Gasteiger partial charge in [0.2, 0.25) is 0 Å². The monoisotopic (exact) mass is 475 g/mol. The lowest BCUT2D eigenvalue weighted by Crippen LogP contribution is -2.50. The van der Waals surface area contributed by atoms with Crippen LogP contribution in [0.4, 0.5) is 0 Å². The molecule has 2 N–H and O–H groups in total. The summed E-state index contributed by atoms with van der Waals surface area (Å²) in [6, 6.07) is 10.6. The highest BCUT2D eigenvalue weighted by Gasteiger charge is 2.40. The zero-order valence-electron chi connectivity index (χ0n) is 21.7. The summed E-state index contributed by atoms with van der Waals surface area (Å²) in [6.45, 7) is 8.48. The molecule has 0 saturated carbocycles. The summed E-state index contributed by atoms with van der Waals surface area (Å²) < 4.78 is 10.7. The van der Waals surface area contributed by atoms with Gasteiger partial charge in [0, 0.05) is 47.7 Å². The van der Waals surface area contributed by atoms with Gasteiger partial charge in [-0.15, -0.1) is 0 Å². The largest absolute Gasteiger partial charge is 0.493 e. The van der Waals surface area contributed by atoms with Crippen molar-refractivity contribution in [1.29, 1.82) is 0 Å². The van der Waals surface area contributed by atoms with Gasteiger partial charge in [0.25, 0.3) is 5.91 Å². The van der Waals surface area contributed by atoms with Crippen LogP contribution in [-0.4, -0.2) is 56.2 Å². The summed E-state index contributed by atoms with van der Waals surface area (Å²) in [7, 11) is 5.42. The van der Waals surface area contributed by atoms with Crippen molar-refractivity contribution in [3.05, 3.63) is 58.8 Å². The molecule has 0 radical (unpaired) electrons. The fourth-order valence-electron chi connectivity index (χ4n) is 6.02. The SMILES string of the molecule is COc1ccc(C(=O)NC[C@@H]2C[C@@H]3c4cc(C(C)(C)C)cc5[nH]cc(c45)C[C@H]3N(C)C2)cc1OC. The van der Waals surface area contributed by atoms with E-state index in [0.717, 1.165) is 19.4 Å². The summed E-state index contributed by atoms with van der Waals surface area (Å²) in [5.41, 5.74) is 6.22. The van der Waals surface area contributed by atoms with E-state index in [0.29, 0.717) is 41.5 Å². The standard InChI is InChI=1S/C29H37N3O3/c1-29(2,3)20-12-22-21-9-17(14-31-28(33)18-7-8-25(34-5)26(11-18)35-6)16-32(4)24(21)10-19-15-30-23(13-20)27(19)22/h7-8,11-13,15,17,21,24,30H,9-10,14,16H2,1-6H3,(H,31,33)/t17-,21+,24+/m0/s1. The molecule has 2 aromatic carbocycles. The smallest absolute Gasteiger partial charge is 0.251 e. The number of aromatic nitrogens is 1. The Morgan fingerprint density at radius 2 is 1.91 bits per heavy atom. The number of benzene rings is 2. The number of methoxy groups -OCH3 is 2. The molecule has 1 fully saturated rings. The highest BCUT2D eigenvalue weighted by atomic mass is 16.5. The van der Waals surface area contributed by atoms with Crippen molar-refractivity contribution in [2.24, 2.45) is 5.92 Å². The minimum atomic E-state index is -0.0792. The molecule has 3 aromatic rings. The fourth-order valence-corrected chi connectivity index (χ4v) is 6.02. The van der Waals surface area contributed by atoms with Crippen molar-refractivity contribution in [1.82, 2.24) is 15.2 Å². The van der Waals surface area contributed by atoms with E-state index in [4.69, 9.17) is 9.47 Å². The molecule has 6 heteroatoms. The average Bonchev–Trinajstić information content (AvgIpc) is 3.25. The molecular weight excluding hydrogens is 438 g/mol. The number of nitrogens with zero attached hydrogens (tertiary/aromatic N) is 1. The van der Waals surface area contributed by atoms with Gasteiger partial charge in [-0.05, 0) is 72.2 Å². The van der Waals surface area contributed by atoms with E-state index < -0.39 is 0 Å².